The predicted octanol–water partition coefficient (Wildman–Crippen LogP) is 6.38. The number of benzene rings is 3. The summed E-state index contributed by atoms with van der Waals surface area (Å²) in [5.74, 6) is 0. The molecule has 0 amide bonds. The van der Waals surface area contributed by atoms with Crippen LogP contribution in [0.25, 0.3) is 0 Å². The second-order valence-electron chi connectivity index (χ2n) is 5.92. The summed E-state index contributed by atoms with van der Waals surface area (Å²) in [6.07, 6.45) is -0.0111. The number of aliphatic hydroxyl groups is 1. The Bertz CT molecular complexity index is 808. The highest BCUT2D eigenvalue weighted by Crippen LogP contribution is 2.30. The van der Waals surface area contributed by atoms with Gasteiger partial charge in [0.2, 0.25) is 0 Å². The zero-order chi connectivity index (χ0) is 17.6. The third kappa shape index (κ3) is 5.08. The molecule has 0 aromatic heterocycles. The number of aliphatic hydroxyl groups excluding tert-OH is 1. The first kappa shape index (κ1) is 18.0. The van der Waals surface area contributed by atoms with E-state index < -0.39 is 6.10 Å². The van der Waals surface area contributed by atoms with Gasteiger partial charge in [0.1, 0.15) is 0 Å². The molecule has 3 rings (SSSR count). The van der Waals surface area contributed by atoms with Crippen molar-refractivity contribution in [3.05, 3.63) is 99.5 Å². The van der Waals surface area contributed by atoms with Crippen molar-refractivity contribution in [3.8, 4) is 0 Å². The Morgan fingerprint density at radius 1 is 0.880 bits per heavy atom. The summed E-state index contributed by atoms with van der Waals surface area (Å²) in [5.41, 5.74) is 2.96. The van der Waals surface area contributed by atoms with Crippen molar-refractivity contribution in [2.45, 2.75) is 18.6 Å². The summed E-state index contributed by atoms with van der Waals surface area (Å²) in [5, 5.41) is 14.9. The summed E-state index contributed by atoms with van der Waals surface area (Å²) in [6, 6.07) is 25.5. The van der Waals surface area contributed by atoms with Gasteiger partial charge in [0.15, 0.2) is 0 Å². The normalized spacial score (nSPS) is 13.2. The zero-order valence-electron chi connectivity index (χ0n) is 13.6. The SMILES string of the molecule is OC(CC(Nc1cccc(Cl)c1)c1ccccc1)c1ccc(Br)cc1. The third-order valence-corrected chi connectivity index (χ3v) is 4.84. The number of nitrogens with one attached hydrogen (secondary N) is 1. The number of anilines is 1. The van der Waals surface area contributed by atoms with E-state index in [1.807, 2.05) is 66.7 Å². The fourth-order valence-corrected chi connectivity index (χ4v) is 3.24. The maximum Gasteiger partial charge on any atom is 0.0813 e. The first-order valence-electron chi connectivity index (χ1n) is 8.12. The molecule has 0 aliphatic carbocycles. The van der Waals surface area contributed by atoms with Crippen LogP contribution < -0.4 is 5.32 Å². The largest absolute Gasteiger partial charge is 0.388 e. The van der Waals surface area contributed by atoms with Gasteiger partial charge in [-0.25, -0.2) is 0 Å². The Morgan fingerprint density at radius 2 is 1.60 bits per heavy atom. The van der Waals surface area contributed by atoms with E-state index in [0.29, 0.717) is 11.4 Å². The van der Waals surface area contributed by atoms with Gasteiger partial charge in [-0.05, 0) is 41.5 Å². The van der Waals surface area contributed by atoms with E-state index in [1.165, 1.54) is 0 Å². The Kier molecular flexibility index (Phi) is 6.14. The lowest BCUT2D eigenvalue weighted by molar-refractivity contribution is 0.160. The lowest BCUT2D eigenvalue weighted by atomic mass is 9.96. The number of rotatable bonds is 6. The van der Waals surface area contributed by atoms with Crippen LogP contribution in [-0.2, 0) is 0 Å². The molecule has 0 radical (unpaired) electrons. The maximum absolute atomic E-state index is 10.7. The summed E-state index contributed by atoms with van der Waals surface area (Å²) in [7, 11) is 0. The van der Waals surface area contributed by atoms with E-state index in [2.05, 4.69) is 33.4 Å². The minimum absolute atomic E-state index is 0.0293. The minimum Gasteiger partial charge on any atom is -0.388 e. The van der Waals surface area contributed by atoms with Crippen LogP contribution in [0.2, 0.25) is 5.02 Å². The summed E-state index contributed by atoms with van der Waals surface area (Å²) in [4.78, 5) is 0. The van der Waals surface area contributed by atoms with Crippen LogP contribution in [0.4, 0.5) is 5.69 Å². The highest BCUT2D eigenvalue weighted by molar-refractivity contribution is 9.10. The van der Waals surface area contributed by atoms with Gasteiger partial charge in [0.25, 0.3) is 0 Å². The lowest BCUT2D eigenvalue weighted by Gasteiger charge is -2.23. The Labute approximate surface area is 161 Å². The van der Waals surface area contributed by atoms with E-state index in [0.717, 1.165) is 21.3 Å². The highest BCUT2D eigenvalue weighted by atomic mass is 79.9. The molecule has 0 bridgehead atoms. The second-order valence-corrected chi connectivity index (χ2v) is 7.27. The molecule has 0 spiro atoms. The van der Waals surface area contributed by atoms with Crippen molar-refractivity contribution in [1.82, 2.24) is 0 Å². The maximum atomic E-state index is 10.7. The average molecular weight is 417 g/mol. The molecule has 2 atom stereocenters. The van der Waals surface area contributed by atoms with E-state index in [-0.39, 0.29) is 6.04 Å². The van der Waals surface area contributed by atoms with Gasteiger partial charge in [-0.2, -0.15) is 0 Å². The monoisotopic (exact) mass is 415 g/mol. The molecule has 2 nitrogen and oxygen atoms in total. The van der Waals surface area contributed by atoms with E-state index in [4.69, 9.17) is 11.6 Å². The fraction of sp³-hybridized carbons (Fsp3) is 0.143. The Hall–Kier alpha value is -1.81. The standard InChI is InChI=1S/C21H19BrClNO/c22-17-11-9-16(10-12-17)21(25)14-20(15-5-2-1-3-6-15)24-19-8-4-7-18(23)13-19/h1-13,20-21,24-25H,14H2. The van der Waals surface area contributed by atoms with Gasteiger partial charge in [0, 0.05) is 21.6 Å². The molecule has 0 saturated heterocycles. The Morgan fingerprint density at radius 3 is 2.28 bits per heavy atom. The predicted molar refractivity (Wildman–Crippen MR) is 108 cm³/mol. The number of hydrogen-bond acceptors (Lipinski definition) is 2. The van der Waals surface area contributed by atoms with Gasteiger partial charge in [0.05, 0.1) is 12.1 Å². The topological polar surface area (TPSA) is 32.3 Å². The molecule has 25 heavy (non-hydrogen) atoms. The van der Waals surface area contributed by atoms with Gasteiger partial charge >= 0.3 is 0 Å². The van der Waals surface area contributed by atoms with Crippen molar-refractivity contribution in [2.75, 3.05) is 5.32 Å². The highest BCUT2D eigenvalue weighted by Gasteiger charge is 2.18. The van der Waals surface area contributed by atoms with Gasteiger partial charge < -0.3 is 10.4 Å². The molecular weight excluding hydrogens is 398 g/mol. The average Bonchev–Trinajstić information content (AvgIpc) is 2.62. The molecule has 4 heteroatoms. The summed E-state index contributed by atoms with van der Waals surface area (Å²) in [6.45, 7) is 0. The Balaban J connectivity index is 1.82. The molecule has 3 aromatic carbocycles. The van der Waals surface area contributed by atoms with Crippen molar-refractivity contribution in [1.29, 1.82) is 0 Å². The zero-order valence-corrected chi connectivity index (χ0v) is 15.9. The number of hydrogen-bond donors (Lipinski definition) is 2. The van der Waals surface area contributed by atoms with Crippen LogP contribution in [0.3, 0.4) is 0 Å². The molecule has 0 heterocycles. The fourth-order valence-electron chi connectivity index (χ4n) is 2.79. The van der Waals surface area contributed by atoms with Crippen molar-refractivity contribution in [2.24, 2.45) is 0 Å². The van der Waals surface area contributed by atoms with Gasteiger partial charge in [-0.15, -0.1) is 0 Å². The lowest BCUT2D eigenvalue weighted by Crippen LogP contribution is -2.14. The second kappa shape index (κ2) is 8.52. The van der Waals surface area contributed by atoms with Crippen molar-refractivity contribution in [3.63, 3.8) is 0 Å². The molecule has 0 saturated carbocycles. The molecular formula is C21H19BrClNO. The van der Waals surface area contributed by atoms with E-state index in [9.17, 15) is 5.11 Å². The molecule has 0 aliphatic rings. The first-order valence-corrected chi connectivity index (χ1v) is 9.29. The van der Waals surface area contributed by atoms with E-state index in [1.54, 1.807) is 0 Å². The molecule has 2 unspecified atom stereocenters. The van der Waals surface area contributed by atoms with Crippen LogP contribution in [0, 0.1) is 0 Å². The summed E-state index contributed by atoms with van der Waals surface area (Å²) >= 11 is 9.52. The van der Waals surface area contributed by atoms with E-state index >= 15 is 0 Å². The molecule has 3 aromatic rings. The van der Waals surface area contributed by atoms with Crippen molar-refractivity contribution < 1.29 is 5.11 Å². The smallest absolute Gasteiger partial charge is 0.0813 e. The van der Waals surface area contributed by atoms with Gasteiger partial charge in [-0.1, -0.05) is 76.1 Å². The third-order valence-electron chi connectivity index (χ3n) is 4.08. The van der Waals surface area contributed by atoms with Crippen LogP contribution in [0.1, 0.15) is 29.7 Å². The quantitative estimate of drug-likeness (QED) is 0.488. The minimum atomic E-state index is -0.565. The molecule has 0 aliphatic heterocycles. The van der Waals surface area contributed by atoms with Crippen molar-refractivity contribution >= 4 is 33.2 Å². The molecule has 0 fully saturated rings. The number of halogens is 2. The molecule has 2 N–H and O–H groups in total. The van der Waals surface area contributed by atoms with Crippen LogP contribution >= 0.6 is 27.5 Å². The van der Waals surface area contributed by atoms with Crippen LogP contribution in [-0.4, -0.2) is 5.11 Å². The first-order chi connectivity index (χ1) is 12.1. The van der Waals surface area contributed by atoms with Crippen LogP contribution in [0.15, 0.2) is 83.3 Å². The van der Waals surface area contributed by atoms with Crippen LogP contribution in [0.5, 0.6) is 0 Å². The van der Waals surface area contributed by atoms with Gasteiger partial charge in [-0.3, -0.25) is 0 Å². The summed E-state index contributed by atoms with van der Waals surface area (Å²) < 4.78 is 1.00. The molecule has 128 valence electrons.